The molecule has 8 heteroatoms. The number of rotatable bonds is 6. The standard InChI is InChI=1S/C21H22F3NO4/c1-27-17-6-5-7-18(28-2)20(17)14-10-15(21(22,23)24)12-16(11-14)29-13-19(26)25-8-3-4-9-25/h5-7,10-12H,3-4,8-9,13H2,1-2H3. The number of methoxy groups -OCH3 is 2. The fraction of sp³-hybridized carbons (Fsp3) is 0.381. The quantitative estimate of drug-likeness (QED) is 0.710. The monoisotopic (exact) mass is 409 g/mol. The van der Waals surface area contributed by atoms with Gasteiger partial charge in [-0.05, 0) is 48.7 Å². The molecule has 2 aromatic carbocycles. The van der Waals surface area contributed by atoms with Crippen LogP contribution >= 0.6 is 0 Å². The molecule has 29 heavy (non-hydrogen) atoms. The second-order valence-corrected chi connectivity index (χ2v) is 6.66. The summed E-state index contributed by atoms with van der Waals surface area (Å²) in [6.45, 7) is 0.979. The second-order valence-electron chi connectivity index (χ2n) is 6.66. The van der Waals surface area contributed by atoms with Gasteiger partial charge in [0, 0.05) is 13.1 Å². The molecule has 0 aliphatic carbocycles. The molecule has 0 aromatic heterocycles. The molecule has 0 N–H and O–H groups in total. The van der Waals surface area contributed by atoms with Gasteiger partial charge in [-0.2, -0.15) is 13.2 Å². The van der Waals surface area contributed by atoms with Gasteiger partial charge in [0.25, 0.3) is 5.91 Å². The van der Waals surface area contributed by atoms with Crippen molar-refractivity contribution in [3.05, 3.63) is 42.0 Å². The first kappa shape index (κ1) is 20.8. The van der Waals surface area contributed by atoms with E-state index in [1.54, 1.807) is 23.1 Å². The number of carbonyl (C=O) groups excluding carboxylic acids is 1. The number of likely N-dealkylation sites (tertiary alicyclic amines) is 1. The second kappa shape index (κ2) is 8.63. The summed E-state index contributed by atoms with van der Waals surface area (Å²) in [7, 11) is 2.86. The molecule has 0 unspecified atom stereocenters. The molecule has 3 rings (SSSR count). The lowest BCUT2D eigenvalue weighted by Crippen LogP contribution is -2.32. The Kier molecular flexibility index (Phi) is 6.20. The summed E-state index contributed by atoms with van der Waals surface area (Å²) in [4.78, 5) is 13.8. The lowest BCUT2D eigenvalue weighted by atomic mass is 10.00. The Morgan fingerprint density at radius 1 is 1.03 bits per heavy atom. The third kappa shape index (κ3) is 4.75. The van der Waals surface area contributed by atoms with Crippen molar-refractivity contribution in [3.8, 4) is 28.4 Å². The molecule has 1 aliphatic heterocycles. The van der Waals surface area contributed by atoms with Crippen molar-refractivity contribution in [2.45, 2.75) is 19.0 Å². The fourth-order valence-corrected chi connectivity index (χ4v) is 3.33. The first-order chi connectivity index (χ1) is 13.8. The number of hydrogen-bond acceptors (Lipinski definition) is 4. The summed E-state index contributed by atoms with van der Waals surface area (Å²) in [6, 6.07) is 8.30. The van der Waals surface area contributed by atoms with Gasteiger partial charge in [-0.15, -0.1) is 0 Å². The average molecular weight is 409 g/mol. The van der Waals surface area contributed by atoms with Crippen LogP contribution in [0.15, 0.2) is 36.4 Å². The number of halogens is 3. The number of alkyl halides is 3. The minimum Gasteiger partial charge on any atom is -0.496 e. The highest BCUT2D eigenvalue weighted by Gasteiger charge is 2.32. The molecule has 1 fully saturated rings. The van der Waals surface area contributed by atoms with Gasteiger partial charge in [-0.3, -0.25) is 4.79 Å². The van der Waals surface area contributed by atoms with Crippen LogP contribution in [-0.2, 0) is 11.0 Å². The molecule has 1 saturated heterocycles. The molecule has 0 atom stereocenters. The highest BCUT2D eigenvalue weighted by molar-refractivity contribution is 5.79. The van der Waals surface area contributed by atoms with Gasteiger partial charge in [-0.1, -0.05) is 6.07 Å². The summed E-state index contributed by atoms with van der Waals surface area (Å²) in [6.07, 6.45) is -2.73. The zero-order valence-corrected chi connectivity index (χ0v) is 16.2. The van der Waals surface area contributed by atoms with E-state index in [0.29, 0.717) is 30.2 Å². The van der Waals surface area contributed by atoms with Gasteiger partial charge in [-0.25, -0.2) is 0 Å². The van der Waals surface area contributed by atoms with Crippen molar-refractivity contribution in [1.29, 1.82) is 0 Å². The maximum Gasteiger partial charge on any atom is 0.416 e. The number of ether oxygens (including phenoxy) is 3. The lowest BCUT2D eigenvalue weighted by Gasteiger charge is -2.18. The summed E-state index contributed by atoms with van der Waals surface area (Å²) >= 11 is 0. The van der Waals surface area contributed by atoms with Crippen LogP contribution in [-0.4, -0.2) is 44.7 Å². The van der Waals surface area contributed by atoms with Gasteiger partial charge < -0.3 is 19.1 Å². The predicted molar refractivity (Wildman–Crippen MR) is 101 cm³/mol. The van der Waals surface area contributed by atoms with Crippen LogP contribution in [0, 0.1) is 0 Å². The Balaban J connectivity index is 1.98. The first-order valence-electron chi connectivity index (χ1n) is 9.17. The number of hydrogen-bond donors (Lipinski definition) is 0. The molecule has 156 valence electrons. The Morgan fingerprint density at radius 3 is 2.21 bits per heavy atom. The first-order valence-corrected chi connectivity index (χ1v) is 9.17. The van der Waals surface area contributed by atoms with Crippen LogP contribution in [0.3, 0.4) is 0 Å². The number of amides is 1. The number of carbonyl (C=O) groups is 1. The van der Waals surface area contributed by atoms with E-state index < -0.39 is 11.7 Å². The van der Waals surface area contributed by atoms with Gasteiger partial charge >= 0.3 is 6.18 Å². The fourth-order valence-electron chi connectivity index (χ4n) is 3.33. The number of nitrogens with zero attached hydrogens (tertiary/aromatic N) is 1. The highest BCUT2D eigenvalue weighted by Crippen LogP contribution is 2.42. The van der Waals surface area contributed by atoms with Crippen molar-refractivity contribution in [2.24, 2.45) is 0 Å². The van der Waals surface area contributed by atoms with E-state index in [1.807, 2.05) is 0 Å². The number of benzene rings is 2. The van der Waals surface area contributed by atoms with Crippen LogP contribution in [0.5, 0.6) is 17.2 Å². The minimum atomic E-state index is -4.58. The molecule has 0 radical (unpaired) electrons. The Morgan fingerprint density at radius 2 is 1.66 bits per heavy atom. The molecular weight excluding hydrogens is 387 g/mol. The molecule has 0 bridgehead atoms. The Bertz CT molecular complexity index is 854. The largest absolute Gasteiger partial charge is 0.496 e. The SMILES string of the molecule is COc1cccc(OC)c1-c1cc(OCC(=O)N2CCCC2)cc(C(F)(F)F)c1. The van der Waals surface area contributed by atoms with Crippen LogP contribution in [0.2, 0.25) is 0 Å². The van der Waals surface area contributed by atoms with E-state index in [4.69, 9.17) is 14.2 Å². The molecule has 1 amide bonds. The van der Waals surface area contributed by atoms with Crippen LogP contribution < -0.4 is 14.2 Å². The topological polar surface area (TPSA) is 48.0 Å². The van der Waals surface area contributed by atoms with Crippen LogP contribution in [0.25, 0.3) is 11.1 Å². The minimum absolute atomic E-state index is 0.0460. The van der Waals surface area contributed by atoms with E-state index in [-0.39, 0.29) is 23.8 Å². The van der Waals surface area contributed by atoms with Crippen molar-refractivity contribution in [1.82, 2.24) is 4.90 Å². The Labute approximate surface area is 167 Å². The predicted octanol–water partition coefficient (Wildman–Crippen LogP) is 4.39. The maximum absolute atomic E-state index is 13.5. The van der Waals surface area contributed by atoms with E-state index in [0.717, 1.165) is 25.0 Å². The normalized spacial score (nSPS) is 14.0. The van der Waals surface area contributed by atoms with Crippen LogP contribution in [0.1, 0.15) is 18.4 Å². The summed E-state index contributed by atoms with van der Waals surface area (Å²) in [5.74, 6) is 0.442. The van der Waals surface area contributed by atoms with Gasteiger partial charge in [0.05, 0.1) is 25.3 Å². The van der Waals surface area contributed by atoms with E-state index in [1.165, 1.54) is 20.3 Å². The zero-order chi connectivity index (χ0) is 21.0. The molecule has 2 aromatic rings. The summed E-state index contributed by atoms with van der Waals surface area (Å²) in [5, 5.41) is 0. The highest BCUT2D eigenvalue weighted by atomic mass is 19.4. The van der Waals surface area contributed by atoms with E-state index in [9.17, 15) is 18.0 Å². The molecule has 0 spiro atoms. The van der Waals surface area contributed by atoms with Crippen molar-refractivity contribution in [3.63, 3.8) is 0 Å². The van der Waals surface area contributed by atoms with Gasteiger partial charge in [0.1, 0.15) is 17.2 Å². The van der Waals surface area contributed by atoms with E-state index in [2.05, 4.69) is 0 Å². The lowest BCUT2D eigenvalue weighted by molar-refractivity contribution is -0.137. The molecule has 0 saturated carbocycles. The van der Waals surface area contributed by atoms with Crippen LogP contribution in [0.4, 0.5) is 13.2 Å². The molecular formula is C21H22F3NO4. The van der Waals surface area contributed by atoms with Crippen molar-refractivity contribution < 1.29 is 32.2 Å². The molecule has 1 heterocycles. The van der Waals surface area contributed by atoms with Gasteiger partial charge in [0.2, 0.25) is 0 Å². The van der Waals surface area contributed by atoms with E-state index >= 15 is 0 Å². The third-order valence-corrected chi connectivity index (χ3v) is 4.77. The third-order valence-electron chi connectivity index (χ3n) is 4.77. The average Bonchev–Trinajstić information content (AvgIpc) is 3.25. The smallest absolute Gasteiger partial charge is 0.416 e. The van der Waals surface area contributed by atoms with Crippen molar-refractivity contribution in [2.75, 3.05) is 33.9 Å². The summed E-state index contributed by atoms with van der Waals surface area (Å²) in [5.41, 5.74) is -0.288. The Hall–Kier alpha value is -2.90. The molecule has 5 nitrogen and oxygen atoms in total. The summed E-state index contributed by atoms with van der Waals surface area (Å²) < 4.78 is 56.5. The molecule has 1 aliphatic rings. The van der Waals surface area contributed by atoms with Crippen molar-refractivity contribution >= 4 is 5.91 Å². The zero-order valence-electron chi connectivity index (χ0n) is 16.2. The maximum atomic E-state index is 13.5. The van der Waals surface area contributed by atoms with Gasteiger partial charge in [0.15, 0.2) is 6.61 Å².